The van der Waals surface area contributed by atoms with E-state index in [9.17, 15) is 0 Å². The fourth-order valence-corrected chi connectivity index (χ4v) is 5.37. The highest BCUT2D eigenvalue weighted by Gasteiger charge is 2.30. The quantitative estimate of drug-likeness (QED) is 0.564. The van der Waals surface area contributed by atoms with Crippen LogP contribution in [0.15, 0.2) is 48.5 Å². The molecule has 1 nitrogen and oxygen atoms in total. The van der Waals surface area contributed by atoms with E-state index >= 15 is 0 Å². The molecule has 2 aliphatic carbocycles. The summed E-state index contributed by atoms with van der Waals surface area (Å²) < 4.78 is 0. The van der Waals surface area contributed by atoms with E-state index in [1.807, 2.05) is 24.3 Å². The van der Waals surface area contributed by atoms with Gasteiger partial charge in [-0.3, -0.25) is 0 Å². The van der Waals surface area contributed by atoms with Crippen LogP contribution in [-0.4, -0.2) is 0 Å². The SMILES string of the molecule is CC1CCC(C2CCC(c3ccc(-c4ccc(C#N)cc4)cc3)CC2)CC1. The van der Waals surface area contributed by atoms with Crippen molar-refractivity contribution >= 4 is 0 Å². The molecule has 0 aromatic heterocycles. The summed E-state index contributed by atoms with van der Waals surface area (Å²) >= 11 is 0. The van der Waals surface area contributed by atoms with Gasteiger partial charge in [-0.25, -0.2) is 0 Å². The van der Waals surface area contributed by atoms with Gasteiger partial charge in [-0.15, -0.1) is 0 Å². The number of rotatable bonds is 3. The Morgan fingerprint density at radius 1 is 0.667 bits per heavy atom. The average Bonchev–Trinajstić information content (AvgIpc) is 2.75. The van der Waals surface area contributed by atoms with E-state index in [2.05, 4.69) is 37.3 Å². The van der Waals surface area contributed by atoms with Gasteiger partial charge in [0.25, 0.3) is 0 Å². The van der Waals surface area contributed by atoms with Crippen molar-refractivity contribution in [1.82, 2.24) is 0 Å². The predicted octanol–water partition coefficient (Wildman–Crippen LogP) is 7.33. The lowest BCUT2D eigenvalue weighted by molar-refractivity contribution is 0.165. The minimum absolute atomic E-state index is 0.722. The van der Waals surface area contributed by atoms with Gasteiger partial charge >= 0.3 is 0 Å². The highest BCUT2D eigenvalue weighted by molar-refractivity contribution is 5.64. The predicted molar refractivity (Wildman–Crippen MR) is 112 cm³/mol. The van der Waals surface area contributed by atoms with Gasteiger partial charge in [0.1, 0.15) is 0 Å². The smallest absolute Gasteiger partial charge is 0.0991 e. The molecule has 140 valence electrons. The fourth-order valence-electron chi connectivity index (χ4n) is 5.37. The summed E-state index contributed by atoms with van der Waals surface area (Å²) in [6.45, 7) is 2.43. The first-order valence-corrected chi connectivity index (χ1v) is 10.8. The minimum atomic E-state index is 0.722. The van der Waals surface area contributed by atoms with Crippen LogP contribution in [0, 0.1) is 29.1 Å². The van der Waals surface area contributed by atoms with Crippen molar-refractivity contribution in [3.05, 3.63) is 59.7 Å². The van der Waals surface area contributed by atoms with Gasteiger partial charge in [0.15, 0.2) is 0 Å². The van der Waals surface area contributed by atoms with E-state index in [0.29, 0.717) is 0 Å². The van der Waals surface area contributed by atoms with Crippen molar-refractivity contribution < 1.29 is 0 Å². The van der Waals surface area contributed by atoms with E-state index < -0.39 is 0 Å². The van der Waals surface area contributed by atoms with Gasteiger partial charge in [0, 0.05) is 0 Å². The Morgan fingerprint density at radius 3 is 1.67 bits per heavy atom. The molecule has 0 atom stereocenters. The zero-order chi connectivity index (χ0) is 18.6. The molecule has 2 aromatic rings. The van der Waals surface area contributed by atoms with E-state index in [1.54, 1.807) is 0 Å². The second-order valence-electron chi connectivity index (χ2n) is 8.94. The molecule has 0 spiro atoms. The number of hydrogen-bond donors (Lipinski definition) is 0. The Morgan fingerprint density at radius 2 is 1.15 bits per heavy atom. The molecule has 0 radical (unpaired) electrons. The Balaban J connectivity index is 1.35. The van der Waals surface area contributed by atoms with Crippen LogP contribution in [0.25, 0.3) is 11.1 Å². The molecule has 27 heavy (non-hydrogen) atoms. The Kier molecular flexibility index (Phi) is 5.63. The fraction of sp³-hybridized carbons (Fsp3) is 0.500. The van der Waals surface area contributed by atoms with Crippen LogP contribution in [-0.2, 0) is 0 Å². The third-order valence-corrected chi connectivity index (χ3v) is 7.23. The van der Waals surface area contributed by atoms with Crippen molar-refractivity contribution in [2.24, 2.45) is 17.8 Å². The van der Waals surface area contributed by atoms with Crippen LogP contribution in [0.1, 0.15) is 75.3 Å². The molecule has 4 rings (SSSR count). The molecular weight excluding hydrogens is 326 g/mol. The molecule has 1 heteroatoms. The summed E-state index contributed by atoms with van der Waals surface area (Å²) in [6.07, 6.45) is 11.5. The van der Waals surface area contributed by atoms with Crippen LogP contribution in [0.5, 0.6) is 0 Å². The van der Waals surface area contributed by atoms with E-state index in [-0.39, 0.29) is 0 Å². The van der Waals surface area contributed by atoms with Crippen LogP contribution < -0.4 is 0 Å². The summed E-state index contributed by atoms with van der Waals surface area (Å²) in [7, 11) is 0. The van der Waals surface area contributed by atoms with Gasteiger partial charge in [-0.2, -0.15) is 5.26 Å². The molecule has 0 bridgehead atoms. The average molecular weight is 358 g/mol. The third-order valence-electron chi connectivity index (χ3n) is 7.23. The van der Waals surface area contributed by atoms with Crippen molar-refractivity contribution in [2.45, 2.75) is 64.2 Å². The Hall–Kier alpha value is -2.07. The van der Waals surface area contributed by atoms with Crippen molar-refractivity contribution in [3.8, 4) is 17.2 Å². The number of hydrogen-bond acceptors (Lipinski definition) is 1. The molecular formula is C26H31N. The van der Waals surface area contributed by atoms with Crippen LogP contribution in [0.2, 0.25) is 0 Å². The first kappa shape index (κ1) is 18.3. The Bertz CT molecular complexity index is 764. The van der Waals surface area contributed by atoms with Gasteiger partial charge < -0.3 is 0 Å². The van der Waals surface area contributed by atoms with Gasteiger partial charge in [-0.1, -0.05) is 56.2 Å². The maximum atomic E-state index is 8.94. The second-order valence-corrected chi connectivity index (χ2v) is 8.94. The zero-order valence-electron chi connectivity index (χ0n) is 16.5. The largest absolute Gasteiger partial charge is 0.192 e. The summed E-state index contributed by atoms with van der Waals surface area (Å²) in [5, 5.41) is 8.94. The first-order chi connectivity index (χ1) is 13.2. The van der Waals surface area contributed by atoms with Crippen molar-refractivity contribution in [3.63, 3.8) is 0 Å². The lowest BCUT2D eigenvalue weighted by Crippen LogP contribution is -2.24. The van der Waals surface area contributed by atoms with E-state index in [1.165, 1.54) is 68.1 Å². The topological polar surface area (TPSA) is 23.8 Å². The highest BCUT2D eigenvalue weighted by Crippen LogP contribution is 2.44. The molecule has 2 aromatic carbocycles. The summed E-state index contributed by atoms with van der Waals surface area (Å²) in [4.78, 5) is 0. The molecule has 0 aliphatic heterocycles. The van der Waals surface area contributed by atoms with Crippen molar-refractivity contribution in [1.29, 1.82) is 5.26 Å². The third kappa shape index (κ3) is 4.27. The molecule has 0 N–H and O–H groups in total. The maximum absolute atomic E-state index is 8.94. The molecule has 2 fully saturated rings. The second kappa shape index (κ2) is 8.30. The number of nitrogens with zero attached hydrogens (tertiary/aromatic N) is 1. The van der Waals surface area contributed by atoms with E-state index in [4.69, 9.17) is 5.26 Å². The van der Waals surface area contributed by atoms with E-state index in [0.717, 1.165) is 29.2 Å². The van der Waals surface area contributed by atoms with Gasteiger partial charge in [0.2, 0.25) is 0 Å². The van der Waals surface area contributed by atoms with Crippen LogP contribution >= 0.6 is 0 Å². The molecule has 0 unspecified atom stereocenters. The Labute approximate surface area is 164 Å². The maximum Gasteiger partial charge on any atom is 0.0991 e. The zero-order valence-corrected chi connectivity index (χ0v) is 16.5. The lowest BCUT2D eigenvalue weighted by atomic mass is 9.68. The minimum Gasteiger partial charge on any atom is -0.192 e. The monoisotopic (exact) mass is 357 g/mol. The molecule has 0 saturated heterocycles. The standard InChI is InChI=1S/C26H31N/c1-19-2-6-21(7-3-19)23-10-14-25(15-11-23)26-16-12-24(13-17-26)22-8-4-20(18-27)5-9-22/h4-5,8-9,12-13,16-17,19,21,23,25H,2-3,6-7,10-11,14-15H2,1H3. The van der Waals surface area contributed by atoms with Crippen molar-refractivity contribution in [2.75, 3.05) is 0 Å². The van der Waals surface area contributed by atoms with Crippen LogP contribution in [0.4, 0.5) is 0 Å². The highest BCUT2D eigenvalue weighted by atomic mass is 14.4. The number of nitriles is 1. The molecule has 0 amide bonds. The normalized spacial score (nSPS) is 28.4. The molecule has 2 aliphatic rings. The van der Waals surface area contributed by atoms with Gasteiger partial charge in [0.05, 0.1) is 11.6 Å². The summed E-state index contributed by atoms with van der Waals surface area (Å²) in [5.41, 5.74) is 4.67. The lowest BCUT2D eigenvalue weighted by Gasteiger charge is -2.37. The summed E-state index contributed by atoms with van der Waals surface area (Å²) in [5.74, 6) is 3.72. The van der Waals surface area contributed by atoms with Crippen LogP contribution in [0.3, 0.4) is 0 Å². The molecule has 0 heterocycles. The van der Waals surface area contributed by atoms with Gasteiger partial charge in [-0.05, 0) is 91.0 Å². The number of benzene rings is 2. The summed E-state index contributed by atoms with van der Waals surface area (Å²) in [6, 6.07) is 19.3. The first-order valence-electron chi connectivity index (χ1n) is 10.8. The molecule has 2 saturated carbocycles.